The zero-order valence-corrected chi connectivity index (χ0v) is 30.3. The monoisotopic (exact) mass is 771 g/mol. The SMILES string of the molecule is CC(=O)OC[C@H]1OC([C@]2(O)[C@H](OC(C)=O)[C@@H](OC(C)=O)C(OCc3ccc([N+](=O)[O-])cc3)O[C@@H]2COC(C)=O)[C@H](OC(C)=O)[C@@H](OC(C)=O)[C@H]1OC(C)=O. The van der Waals surface area contributed by atoms with Gasteiger partial charge in [-0.1, -0.05) is 0 Å². The van der Waals surface area contributed by atoms with Gasteiger partial charge < -0.3 is 52.5 Å². The number of esters is 7. The Morgan fingerprint density at radius 2 is 1.15 bits per heavy atom. The number of benzene rings is 1. The molecule has 10 atom stereocenters. The van der Waals surface area contributed by atoms with Gasteiger partial charge in [0.05, 0.1) is 11.5 Å². The Kier molecular flexibility index (Phi) is 14.9. The first-order chi connectivity index (χ1) is 25.2. The van der Waals surface area contributed by atoms with Gasteiger partial charge in [-0.25, -0.2) is 0 Å². The highest BCUT2D eigenvalue weighted by molar-refractivity contribution is 5.70. The molecule has 1 N–H and O–H groups in total. The van der Waals surface area contributed by atoms with Gasteiger partial charge in [0, 0.05) is 60.6 Å². The van der Waals surface area contributed by atoms with Gasteiger partial charge in [-0.3, -0.25) is 43.7 Å². The fourth-order valence-corrected chi connectivity index (χ4v) is 5.92. The molecule has 0 saturated carbocycles. The summed E-state index contributed by atoms with van der Waals surface area (Å²) in [6.45, 7) is 4.92. The lowest BCUT2D eigenvalue weighted by molar-refractivity contribution is -0.384. The molecule has 1 aromatic carbocycles. The zero-order chi connectivity index (χ0) is 40.5. The number of aliphatic hydroxyl groups is 1. The number of carbonyl (C=O) groups is 7. The molecular formula is C33H41NO20. The highest BCUT2D eigenvalue weighted by Crippen LogP contribution is 2.44. The van der Waals surface area contributed by atoms with Crippen molar-refractivity contribution in [3.8, 4) is 0 Å². The van der Waals surface area contributed by atoms with Crippen LogP contribution in [0.1, 0.15) is 54.0 Å². The number of hydrogen-bond donors (Lipinski definition) is 1. The van der Waals surface area contributed by atoms with Crippen LogP contribution in [0.2, 0.25) is 0 Å². The van der Waals surface area contributed by atoms with E-state index in [1.54, 1.807) is 0 Å². The van der Waals surface area contributed by atoms with Gasteiger partial charge in [0.25, 0.3) is 5.69 Å². The lowest BCUT2D eigenvalue weighted by atomic mass is 9.74. The average Bonchev–Trinajstić information content (AvgIpc) is 3.05. The van der Waals surface area contributed by atoms with E-state index in [9.17, 15) is 48.8 Å². The number of non-ortho nitro benzene ring substituents is 1. The van der Waals surface area contributed by atoms with E-state index in [-0.39, 0.29) is 12.3 Å². The zero-order valence-electron chi connectivity index (χ0n) is 30.3. The molecule has 3 rings (SSSR count). The minimum absolute atomic E-state index is 0.225. The van der Waals surface area contributed by atoms with Gasteiger partial charge in [-0.2, -0.15) is 0 Å². The van der Waals surface area contributed by atoms with Gasteiger partial charge in [-0.05, 0) is 17.7 Å². The Hall–Kier alpha value is -5.25. The Labute approximate surface area is 307 Å². The summed E-state index contributed by atoms with van der Waals surface area (Å²) >= 11 is 0. The molecule has 0 aromatic heterocycles. The Bertz CT molecular complexity index is 1580. The minimum atomic E-state index is -2.94. The van der Waals surface area contributed by atoms with Crippen LogP contribution in [-0.2, 0) is 87.5 Å². The smallest absolute Gasteiger partial charge is 0.303 e. The molecule has 0 spiro atoms. The molecule has 298 valence electrons. The summed E-state index contributed by atoms with van der Waals surface area (Å²) in [7, 11) is 0. The third-order valence-electron chi connectivity index (χ3n) is 7.88. The maximum atomic E-state index is 13.0. The molecule has 1 aromatic rings. The number of rotatable bonds is 14. The molecule has 2 aliphatic rings. The molecule has 21 nitrogen and oxygen atoms in total. The van der Waals surface area contributed by atoms with Crippen molar-refractivity contribution in [3.63, 3.8) is 0 Å². The fraction of sp³-hybridized carbons (Fsp3) is 0.606. The van der Waals surface area contributed by atoms with Crippen molar-refractivity contribution in [1.82, 2.24) is 0 Å². The van der Waals surface area contributed by atoms with Crippen LogP contribution in [0.4, 0.5) is 5.69 Å². The van der Waals surface area contributed by atoms with Crippen molar-refractivity contribution < 1.29 is 91.0 Å². The number of carbonyl (C=O) groups excluding carboxylic acids is 7. The molecule has 0 bridgehead atoms. The molecule has 0 amide bonds. The van der Waals surface area contributed by atoms with Gasteiger partial charge in [-0.15, -0.1) is 0 Å². The predicted molar refractivity (Wildman–Crippen MR) is 171 cm³/mol. The Morgan fingerprint density at radius 3 is 1.65 bits per heavy atom. The Balaban J connectivity index is 2.28. The number of ether oxygens (including phenoxy) is 10. The Morgan fingerprint density at radius 1 is 0.667 bits per heavy atom. The number of nitro benzene ring substituents is 1. The molecule has 0 radical (unpaired) electrons. The summed E-state index contributed by atoms with van der Waals surface area (Å²) in [4.78, 5) is 97.1. The van der Waals surface area contributed by atoms with E-state index in [4.69, 9.17) is 47.4 Å². The topological polar surface area (TPSA) is 275 Å². The van der Waals surface area contributed by atoms with Crippen molar-refractivity contribution in [3.05, 3.63) is 39.9 Å². The second kappa shape index (κ2) is 18.7. The molecule has 54 heavy (non-hydrogen) atoms. The highest BCUT2D eigenvalue weighted by Gasteiger charge is 2.69. The lowest BCUT2D eigenvalue weighted by Crippen LogP contribution is -2.78. The number of nitro groups is 1. The molecule has 2 saturated heterocycles. The van der Waals surface area contributed by atoms with Crippen molar-refractivity contribution in [2.24, 2.45) is 0 Å². The van der Waals surface area contributed by atoms with E-state index in [0.717, 1.165) is 48.5 Å². The van der Waals surface area contributed by atoms with E-state index < -0.39 is 121 Å². The van der Waals surface area contributed by atoms with Crippen LogP contribution < -0.4 is 0 Å². The molecule has 2 fully saturated rings. The van der Waals surface area contributed by atoms with Crippen LogP contribution in [0, 0.1) is 10.1 Å². The van der Waals surface area contributed by atoms with E-state index >= 15 is 0 Å². The second-order valence-electron chi connectivity index (χ2n) is 12.1. The van der Waals surface area contributed by atoms with Gasteiger partial charge >= 0.3 is 41.8 Å². The van der Waals surface area contributed by atoms with Crippen LogP contribution in [0.5, 0.6) is 0 Å². The first kappa shape index (κ1) is 43.2. The minimum Gasteiger partial charge on any atom is -0.463 e. The summed E-state index contributed by atoms with van der Waals surface area (Å²) in [5.41, 5.74) is -2.81. The van der Waals surface area contributed by atoms with Gasteiger partial charge in [0.2, 0.25) is 0 Å². The molecule has 2 unspecified atom stereocenters. The summed E-state index contributed by atoms with van der Waals surface area (Å²) in [5.74, 6) is -6.81. The van der Waals surface area contributed by atoms with Crippen molar-refractivity contribution in [2.45, 2.75) is 116 Å². The van der Waals surface area contributed by atoms with Crippen molar-refractivity contribution >= 4 is 47.5 Å². The summed E-state index contributed by atoms with van der Waals surface area (Å²) < 4.78 is 56.0. The molecule has 0 aliphatic carbocycles. The first-order valence-corrected chi connectivity index (χ1v) is 16.3. The van der Waals surface area contributed by atoms with E-state index in [0.29, 0.717) is 5.56 Å². The van der Waals surface area contributed by atoms with Crippen LogP contribution in [0.3, 0.4) is 0 Å². The maximum absolute atomic E-state index is 13.0. The predicted octanol–water partition coefficient (Wildman–Crippen LogP) is 0.120. The molecule has 21 heteroatoms. The lowest BCUT2D eigenvalue weighted by Gasteiger charge is -2.56. The summed E-state index contributed by atoms with van der Waals surface area (Å²) in [5, 5.41) is 24.1. The summed E-state index contributed by atoms with van der Waals surface area (Å²) in [6.07, 6.45) is -16.8. The van der Waals surface area contributed by atoms with Gasteiger partial charge in [0.1, 0.15) is 31.5 Å². The van der Waals surface area contributed by atoms with E-state index in [2.05, 4.69) is 0 Å². The van der Waals surface area contributed by atoms with Crippen LogP contribution in [0.15, 0.2) is 24.3 Å². The molecule has 2 heterocycles. The summed E-state index contributed by atoms with van der Waals surface area (Å²) in [6, 6.07) is 5.10. The first-order valence-electron chi connectivity index (χ1n) is 16.3. The van der Waals surface area contributed by atoms with Crippen LogP contribution >= 0.6 is 0 Å². The van der Waals surface area contributed by atoms with Crippen molar-refractivity contribution in [2.75, 3.05) is 13.2 Å². The highest BCUT2D eigenvalue weighted by atomic mass is 16.7. The largest absolute Gasteiger partial charge is 0.463 e. The number of nitrogens with zero attached hydrogens (tertiary/aromatic N) is 1. The third-order valence-corrected chi connectivity index (χ3v) is 7.88. The average molecular weight is 772 g/mol. The normalized spacial score (nSPS) is 29.1. The van der Waals surface area contributed by atoms with Gasteiger partial charge in [0.15, 0.2) is 42.4 Å². The fourth-order valence-electron chi connectivity index (χ4n) is 5.92. The standard InChI is InChI=1S/C33H41NO20/c1-15(35)45-13-24-26(48-17(3)37)27(49-18(4)38)28(50-19(5)39)30(53-24)33(42)25(14-46-16(2)36)54-32(29(51-20(6)40)31(33)52-21(7)41)47-12-22-8-10-23(11-9-22)34(43)44/h8-11,24-32,42H,12-14H2,1-7H3/t24-,25-,26+,27+,28-,29-,30?,31-,32?,33+/m1/s1. The van der Waals surface area contributed by atoms with E-state index in [1.807, 2.05) is 0 Å². The maximum Gasteiger partial charge on any atom is 0.303 e. The second-order valence-corrected chi connectivity index (χ2v) is 12.1. The van der Waals surface area contributed by atoms with Crippen LogP contribution in [0.25, 0.3) is 0 Å². The molecular weight excluding hydrogens is 730 g/mol. The van der Waals surface area contributed by atoms with Crippen molar-refractivity contribution in [1.29, 1.82) is 0 Å². The molecule has 2 aliphatic heterocycles. The third kappa shape index (κ3) is 11.1. The quantitative estimate of drug-likeness (QED) is 0.114. The van der Waals surface area contributed by atoms with E-state index in [1.165, 1.54) is 24.3 Å². The number of hydrogen-bond acceptors (Lipinski definition) is 20. The van der Waals surface area contributed by atoms with Crippen LogP contribution in [-0.4, -0.2) is 126 Å².